The van der Waals surface area contributed by atoms with Gasteiger partial charge in [-0.3, -0.25) is 9.59 Å². The summed E-state index contributed by atoms with van der Waals surface area (Å²) in [6, 6.07) is 8.39. The third-order valence-electron chi connectivity index (χ3n) is 5.94. The summed E-state index contributed by atoms with van der Waals surface area (Å²) in [5.41, 5.74) is -0.133. The van der Waals surface area contributed by atoms with Crippen molar-refractivity contribution in [1.82, 2.24) is 15.5 Å². The molecule has 0 unspecified atom stereocenters. The van der Waals surface area contributed by atoms with Gasteiger partial charge in [-0.2, -0.15) is 18.3 Å². The summed E-state index contributed by atoms with van der Waals surface area (Å²) in [4.78, 5) is 24.9. The molecule has 1 N–H and O–H groups in total. The van der Waals surface area contributed by atoms with Gasteiger partial charge in [-0.05, 0) is 56.2 Å². The molecule has 1 aliphatic rings. The molecule has 1 fully saturated rings. The Bertz CT molecular complexity index is 934. The number of nitrogens with one attached hydrogen (secondary N) is 1. The van der Waals surface area contributed by atoms with E-state index < -0.39 is 23.4 Å². The largest absolute Gasteiger partial charge is 0.417 e. The van der Waals surface area contributed by atoms with Crippen LogP contribution in [-0.4, -0.2) is 28.4 Å². The summed E-state index contributed by atoms with van der Waals surface area (Å²) in [6.45, 7) is 4.74. The Morgan fingerprint density at radius 2 is 1.72 bits per heavy atom. The second-order valence-corrected chi connectivity index (χ2v) is 8.74. The lowest BCUT2D eigenvalue weighted by atomic mass is 9.77. The summed E-state index contributed by atoms with van der Waals surface area (Å²) in [5, 5.41) is 11.1. The number of ketones is 1. The Morgan fingerprint density at radius 1 is 1.03 bits per heavy atom. The Hall–Kier alpha value is -2.77. The zero-order chi connectivity index (χ0) is 23.3. The van der Waals surface area contributed by atoms with Crippen LogP contribution in [0.3, 0.4) is 0 Å². The maximum atomic E-state index is 13.3. The van der Waals surface area contributed by atoms with Crippen molar-refractivity contribution in [3.8, 4) is 0 Å². The zero-order valence-corrected chi connectivity index (χ0v) is 18.3. The third-order valence-corrected chi connectivity index (χ3v) is 5.94. The average molecular weight is 448 g/mol. The number of aromatic nitrogens is 2. The maximum absolute atomic E-state index is 13.3. The number of hydrogen-bond donors (Lipinski definition) is 1. The lowest BCUT2D eigenvalue weighted by molar-refractivity contribution is -0.138. The summed E-state index contributed by atoms with van der Waals surface area (Å²) >= 11 is 0. The number of carbonyl (C=O) groups excluding carboxylic acids is 2. The molecule has 1 amide bonds. The smallest absolute Gasteiger partial charge is 0.351 e. The van der Waals surface area contributed by atoms with Crippen molar-refractivity contribution in [2.75, 3.05) is 6.54 Å². The lowest BCUT2D eigenvalue weighted by Crippen LogP contribution is -2.27. The first kappa shape index (κ1) is 23.9. The standard InChI is InChI=1S/C24H28F3N3O2/c1-15(2)13-14-28-23(32)21-12-11-20(29-30-21)16-7-9-17(10-8-16)22(31)18-5-3-4-6-19(18)24(25,26)27/h3-6,11-12,15-17H,7-10,13-14H2,1-2H3,(H,28,32). The molecule has 0 radical (unpaired) electrons. The van der Waals surface area contributed by atoms with Crippen molar-refractivity contribution in [2.24, 2.45) is 11.8 Å². The molecule has 1 heterocycles. The highest BCUT2D eigenvalue weighted by molar-refractivity contribution is 5.99. The van der Waals surface area contributed by atoms with Crippen molar-refractivity contribution in [2.45, 2.75) is 58.0 Å². The van der Waals surface area contributed by atoms with Crippen LogP contribution in [0, 0.1) is 11.8 Å². The van der Waals surface area contributed by atoms with Crippen molar-refractivity contribution in [1.29, 1.82) is 0 Å². The normalized spacial score (nSPS) is 19.1. The molecule has 1 aliphatic carbocycles. The molecule has 1 saturated carbocycles. The van der Waals surface area contributed by atoms with E-state index in [0.29, 0.717) is 38.1 Å². The van der Waals surface area contributed by atoms with Crippen molar-refractivity contribution >= 4 is 11.7 Å². The molecule has 0 bridgehead atoms. The van der Waals surface area contributed by atoms with Crippen LogP contribution in [-0.2, 0) is 6.18 Å². The molecule has 0 atom stereocenters. The molecule has 5 nitrogen and oxygen atoms in total. The number of carbonyl (C=O) groups is 2. The Morgan fingerprint density at radius 3 is 2.31 bits per heavy atom. The molecule has 3 rings (SSSR count). The highest BCUT2D eigenvalue weighted by Crippen LogP contribution is 2.38. The van der Waals surface area contributed by atoms with E-state index in [1.54, 1.807) is 12.1 Å². The van der Waals surface area contributed by atoms with E-state index in [-0.39, 0.29) is 23.1 Å². The lowest BCUT2D eigenvalue weighted by Gasteiger charge is -2.27. The van der Waals surface area contributed by atoms with Gasteiger partial charge in [0.2, 0.25) is 0 Å². The molecule has 0 saturated heterocycles. The monoisotopic (exact) mass is 447 g/mol. The number of halogens is 3. The van der Waals surface area contributed by atoms with Crippen LogP contribution >= 0.6 is 0 Å². The van der Waals surface area contributed by atoms with Gasteiger partial charge in [-0.1, -0.05) is 32.0 Å². The maximum Gasteiger partial charge on any atom is 0.417 e. The quantitative estimate of drug-likeness (QED) is 0.575. The molecule has 0 aliphatic heterocycles. The topological polar surface area (TPSA) is 72.0 Å². The van der Waals surface area contributed by atoms with Crippen LogP contribution in [0.4, 0.5) is 13.2 Å². The number of rotatable bonds is 7. The number of benzene rings is 1. The summed E-state index contributed by atoms with van der Waals surface area (Å²) in [5.74, 6) is -0.581. The van der Waals surface area contributed by atoms with E-state index in [4.69, 9.17) is 0 Å². The van der Waals surface area contributed by atoms with Gasteiger partial charge in [0.25, 0.3) is 5.91 Å². The average Bonchev–Trinajstić information content (AvgIpc) is 2.78. The molecule has 1 aromatic carbocycles. The molecular formula is C24H28F3N3O2. The van der Waals surface area contributed by atoms with Crippen molar-refractivity contribution in [3.63, 3.8) is 0 Å². The van der Waals surface area contributed by atoms with Crippen LogP contribution in [0.5, 0.6) is 0 Å². The predicted octanol–water partition coefficient (Wildman–Crippen LogP) is 5.43. The van der Waals surface area contributed by atoms with Crippen LogP contribution < -0.4 is 5.32 Å². The Balaban J connectivity index is 1.58. The second-order valence-electron chi connectivity index (χ2n) is 8.74. The van der Waals surface area contributed by atoms with E-state index in [2.05, 4.69) is 29.4 Å². The fourth-order valence-corrected chi connectivity index (χ4v) is 4.06. The Labute approximate surface area is 185 Å². The fraction of sp³-hybridized carbons (Fsp3) is 0.500. The number of Topliss-reactive ketones (excluding diaryl/α,β-unsaturated/α-hetero) is 1. The zero-order valence-electron chi connectivity index (χ0n) is 18.3. The van der Waals surface area contributed by atoms with Gasteiger partial charge in [-0.25, -0.2) is 0 Å². The first-order chi connectivity index (χ1) is 15.2. The highest BCUT2D eigenvalue weighted by atomic mass is 19.4. The molecular weight excluding hydrogens is 419 g/mol. The van der Waals surface area contributed by atoms with E-state index in [9.17, 15) is 22.8 Å². The number of amides is 1. The molecule has 1 aromatic heterocycles. The van der Waals surface area contributed by atoms with Gasteiger partial charge < -0.3 is 5.32 Å². The van der Waals surface area contributed by atoms with Gasteiger partial charge in [-0.15, -0.1) is 5.10 Å². The van der Waals surface area contributed by atoms with Gasteiger partial charge in [0.05, 0.1) is 11.3 Å². The summed E-state index contributed by atoms with van der Waals surface area (Å²) in [6.07, 6.45) is -1.41. The molecule has 0 spiro atoms. The number of alkyl halides is 3. The van der Waals surface area contributed by atoms with Crippen molar-refractivity contribution < 1.29 is 22.8 Å². The number of hydrogen-bond acceptors (Lipinski definition) is 4. The predicted molar refractivity (Wildman–Crippen MR) is 114 cm³/mol. The van der Waals surface area contributed by atoms with E-state index >= 15 is 0 Å². The van der Waals surface area contributed by atoms with Gasteiger partial charge in [0.1, 0.15) is 0 Å². The van der Waals surface area contributed by atoms with Gasteiger partial charge in [0.15, 0.2) is 11.5 Å². The van der Waals surface area contributed by atoms with Crippen LogP contribution in [0.1, 0.15) is 84.0 Å². The molecule has 32 heavy (non-hydrogen) atoms. The minimum absolute atomic E-state index is 0.0717. The van der Waals surface area contributed by atoms with Crippen LogP contribution in [0.25, 0.3) is 0 Å². The van der Waals surface area contributed by atoms with Crippen molar-refractivity contribution in [3.05, 3.63) is 58.9 Å². The van der Waals surface area contributed by atoms with Gasteiger partial charge in [0, 0.05) is 23.9 Å². The SMILES string of the molecule is CC(C)CCNC(=O)c1ccc(C2CCC(C(=O)c3ccccc3C(F)(F)F)CC2)nn1. The van der Waals surface area contributed by atoms with E-state index in [1.807, 2.05) is 0 Å². The first-order valence-corrected chi connectivity index (χ1v) is 11.0. The second kappa shape index (κ2) is 10.2. The third kappa shape index (κ3) is 5.93. The van der Waals surface area contributed by atoms with Crippen LogP contribution in [0.2, 0.25) is 0 Å². The highest BCUT2D eigenvalue weighted by Gasteiger charge is 2.37. The molecule has 172 valence electrons. The number of nitrogens with zero attached hydrogens (tertiary/aromatic N) is 2. The fourth-order valence-electron chi connectivity index (χ4n) is 4.06. The first-order valence-electron chi connectivity index (χ1n) is 11.0. The Kier molecular flexibility index (Phi) is 7.64. The molecule has 8 heteroatoms. The minimum Gasteiger partial charge on any atom is -0.351 e. The van der Waals surface area contributed by atoms with Gasteiger partial charge >= 0.3 is 6.18 Å². The minimum atomic E-state index is -4.55. The molecule has 2 aromatic rings. The summed E-state index contributed by atoms with van der Waals surface area (Å²) in [7, 11) is 0. The summed E-state index contributed by atoms with van der Waals surface area (Å²) < 4.78 is 39.8. The van der Waals surface area contributed by atoms with Crippen LogP contribution in [0.15, 0.2) is 36.4 Å². The van der Waals surface area contributed by atoms with E-state index in [1.165, 1.54) is 18.2 Å². The van der Waals surface area contributed by atoms with E-state index in [0.717, 1.165) is 18.2 Å².